The van der Waals surface area contributed by atoms with Gasteiger partial charge in [-0.25, -0.2) is 14.2 Å². The van der Waals surface area contributed by atoms with E-state index in [1.54, 1.807) is 49.8 Å². The molecule has 0 aliphatic rings. The minimum Gasteiger partial charge on any atom is -0.457 e. The number of pyridine rings is 1. The van der Waals surface area contributed by atoms with Crippen molar-refractivity contribution in [2.24, 2.45) is 0 Å². The normalized spacial score (nSPS) is 10.7. The summed E-state index contributed by atoms with van der Waals surface area (Å²) in [6, 6.07) is 10.7. The van der Waals surface area contributed by atoms with E-state index in [0.717, 1.165) is 5.39 Å². The highest BCUT2D eigenvalue weighted by Gasteiger charge is 2.14. The van der Waals surface area contributed by atoms with Crippen LogP contribution < -0.4 is 10.1 Å². The highest BCUT2D eigenvalue weighted by molar-refractivity contribution is 6.03. The van der Waals surface area contributed by atoms with Gasteiger partial charge in [0, 0.05) is 30.2 Å². The van der Waals surface area contributed by atoms with Crippen molar-refractivity contribution < 1.29 is 13.9 Å². The first-order chi connectivity index (χ1) is 14.1. The number of hydrogen-bond acceptors (Lipinski definition) is 5. The van der Waals surface area contributed by atoms with Gasteiger partial charge >= 0.3 is 6.03 Å². The molecule has 2 N–H and O–H groups in total. The van der Waals surface area contributed by atoms with Crippen molar-refractivity contribution >= 4 is 22.5 Å². The second kappa shape index (κ2) is 7.93. The molecule has 146 valence electrons. The summed E-state index contributed by atoms with van der Waals surface area (Å²) in [7, 11) is 1.66. The van der Waals surface area contributed by atoms with E-state index in [2.05, 4.69) is 25.5 Å². The lowest BCUT2D eigenvalue weighted by Gasteiger charge is -2.18. The van der Waals surface area contributed by atoms with Crippen molar-refractivity contribution in [2.45, 2.75) is 6.54 Å². The molecule has 2 heterocycles. The van der Waals surface area contributed by atoms with Crippen LogP contribution in [0.4, 0.5) is 14.9 Å². The fourth-order valence-electron chi connectivity index (χ4n) is 2.80. The third kappa shape index (κ3) is 4.13. The second-order valence-electron chi connectivity index (χ2n) is 6.31. The van der Waals surface area contributed by atoms with Crippen LogP contribution in [-0.4, -0.2) is 38.1 Å². The van der Waals surface area contributed by atoms with E-state index in [1.165, 1.54) is 23.4 Å². The Morgan fingerprint density at radius 3 is 2.76 bits per heavy atom. The first-order valence-corrected chi connectivity index (χ1v) is 8.76. The van der Waals surface area contributed by atoms with Gasteiger partial charge in [-0.2, -0.15) is 5.10 Å². The van der Waals surface area contributed by atoms with E-state index >= 15 is 0 Å². The first kappa shape index (κ1) is 18.4. The number of carbonyl (C=O) groups excluding carboxylic acids is 1. The number of benzene rings is 2. The second-order valence-corrected chi connectivity index (χ2v) is 6.31. The number of halogens is 1. The van der Waals surface area contributed by atoms with E-state index in [0.29, 0.717) is 28.4 Å². The monoisotopic (exact) mass is 392 g/mol. The number of nitrogens with one attached hydrogen (secondary N) is 2. The smallest absolute Gasteiger partial charge is 0.322 e. The Kier molecular flexibility index (Phi) is 5.02. The molecule has 0 fully saturated rings. The zero-order valence-electron chi connectivity index (χ0n) is 15.5. The predicted molar refractivity (Wildman–Crippen MR) is 105 cm³/mol. The lowest BCUT2D eigenvalue weighted by Crippen LogP contribution is -2.31. The lowest BCUT2D eigenvalue weighted by atomic mass is 10.1. The van der Waals surface area contributed by atoms with Crippen molar-refractivity contribution in [3.05, 3.63) is 72.8 Å². The molecule has 0 saturated carbocycles. The average Bonchev–Trinajstić information content (AvgIpc) is 3.24. The largest absolute Gasteiger partial charge is 0.457 e. The number of hydrogen-bond donors (Lipinski definition) is 2. The molecular weight excluding hydrogens is 375 g/mol. The van der Waals surface area contributed by atoms with Gasteiger partial charge in [0.1, 0.15) is 29.5 Å². The molecule has 0 unspecified atom stereocenters. The third-order valence-corrected chi connectivity index (χ3v) is 4.26. The van der Waals surface area contributed by atoms with Crippen molar-refractivity contribution in [2.75, 3.05) is 12.4 Å². The topological polar surface area (TPSA) is 96.0 Å². The van der Waals surface area contributed by atoms with E-state index < -0.39 is 0 Å². The summed E-state index contributed by atoms with van der Waals surface area (Å²) in [5, 5.41) is 10.8. The zero-order valence-corrected chi connectivity index (χ0v) is 15.5. The number of ether oxygens (including phenoxy) is 1. The van der Waals surface area contributed by atoms with Crippen LogP contribution in [0.15, 0.2) is 61.2 Å². The number of H-pyrrole nitrogens is 1. The van der Waals surface area contributed by atoms with Gasteiger partial charge in [-0.15, -0.1) is 0 Å². The number of rotatable bonds is 5. The Balaban J connectivity index is 1.57. The molecule has 29 heavy (non-hydrogen) atoms. The summed E-state index contributed by atoms with van der Waals surface area (Å²) in [5.74, 6) is 1.33. The number of carbonyl (C=O) groups is 1. The number of nitrogens with zero attached hydrogens (tertiary/aromatic N) is 4. The number of anilines is 1. The van der Waals surface area contributed by atoms with E-state index in [4.69, 9.17) is 4.74 Å². The average molecular weight is 392 g/mol. The maximum absolute atomic E-state index is 13.1. The molecule has 0 aliphatic heterocycles. The number of aromatic nitrogens is 4. The summed E-state index contributed by atoms with van der Waals surface area (Å²) >= 11 is 0. The summed E-state index contributed by atoms with van der Waals surface area (Å²) in [6.45, 7) is 0.285. The van der Waals surface area contributed by atoms with Gasteiger partial charge in [-0.3, -0.25) is 10.1 Å². The van der Waals surface area contributed by atoms with Gasteiger partial charge in [-0.05, 0) is 42.5 Å². The Hall–Kier alpha value is -4.01. The summed E-state index contributed by atoms with van der Waals surface area (Å²) in [4.78, 5) is 22.2. The van der Waals surface area contributed by atoms with Gasteiger partial charge in [0.2, 0.25) is 0 Å². The third-order valence-electron chi connectivity index (χ3n) is 4.26. The molecule has 0 aliphatic carbocycles. The van der Waals surface area contributed by atoms with Gasteiger partial charge in [0.15, 0.2) is 0 Å². The molecular formula is C20H17FN6O2. The fraction of sp³-hybridized carbons (Fsp3) is 0.100. The van der Waals surface area contributed by atoms with Crippen LogP contribution in [-0.2, 0) is 6.54 Å². The van der Waals surface area contributed by atoms with Gasteiger partial charge in [0.05, 0.1) is 12.2 Å². The molecule has 4 aromatic rings. The molecule has 8 nitrogen and oxygen atoms in total. The van der Waals surface area contributed by atoms with Crippen LogP contribution in [0.1, 0.15) is 5.82 Å². The molecule has 2 aromatic carbocycles. The number of aromatic amines is 1. The summed E-state index contributed by atoms with van der Waals surface area (Å²) in [5.41, 5.74) is 0.592. The molecule has 0 saturated heterocycles. The Morgan fingerprint density at radius 2 is 2.00 bits per heavy atom. The summed E-state index contributed by atoms with van der Waals surface area (Å²) < 4.78 is 19.0. The van der Waals surface area contributed by atoms with E-state index in [9.17, 15) is 9.18 Å². The predicted octanol–water partition coefficient (Wildman–Crippen LogP) is 3.95. The van der Waals surface area contributed by atoms with Gasteiger partial charge < -0.3 is 15.0 Å². The zero-order chi connectivity index (χ0) is 20.2. The van der Waals surface area contributed by atoms with Crippen LogP contribution in [0.3, 0.4) is 0 Å². The fourth-order valence-corrected chi connectivity index (χ4v) is 2.80. The Labute approximate surface area is 165 Å². The van der Waals surface area contributed by atoms with Gasteiger partial charge in [0.25, 0.3) is 0 Å². The van der Waals surface area contributed by atoms with E-state index in [-0.39, 0.29) is 18.4 Å². The number of amides is 2. The summed E-state index contributed by atoms with van der Waals surface area (Å²) in [6.07, 6.45) is 4.68. The highest BCUT2D eigenvalue weighted by atomic mass is 19.1. The number of urea groups is 1. The molecule has 0 atom stereocenters. The maximum atomic E-state index is 13.1. The van der Waals surface area contributed by atoms with Crippen LogP contribution >= 0.6 is 0 Å². The molecule has 0 radical (unpaired) electrons. The van der Waals surface area contributed by atoms with Crippen LogP contribution in [0.2, 0.25) is 0 Å². The van der Waals surface area contributed by atoms with Crippen molar-refractivity contribution in [1.82, 2.24) is 25.1 Å². The van der Waals surface area contributed by atoms with E-state index in [1.807, 2.05) is 0 Å². The number of fused-ring (bicyclic) bond motifs is 1. The molecule has 0 spiro atoms. The van der Waals surface area contributed by atoms with Gasteiger partial charge in [-0.1, -0.05) is 0 Å². The lowest BCUT2D eigenvalue weighted by molar-refractivity contribution is 0.219. The Bertz CT molecular complexity index is 1130. The molecule has 9 heteroatoms. The standard InChI is InChI=1S/C20H17FN6O2/c1-27(11-19-23-12-24-26-19)20(28)25-17-6-7-18(15-8-9-22-10-16(15)17)29-14-4-2-13(21)3-5-14/h2-10,12H,11H2,1H3,(H,25,28)(H,23,24,26). The maximum Gasteiger partial charge on any atom is 0.322 e. The minimum absolute atomic E-state index is 0.285. The SMILES string of the molecule is CN(Cc1ncn[nH]1)C(=O)Nc1ccc(Oc2ccc(F)cc2)c2ccncc12. The molecule has 0 bridgehead atoms. The minimum atomic E-state index is -0.334. The van der Waals surface area contributed by atoms with Crippen molar-refractivity contribution in [3.8, 4) is 11.5 Å². The highest BCUT2D eigenvalue weighted by Crippen LogP contribution is 2.34. The Morgan fingerprint density at radius 1 is 1.17 bits per heavy atom. The first-order valence-electron chi connectivity index (χ1n) is 8.76. The molecule has 2 amide bonds. The molecule has 2 aromatic heterocycles. The van der Waals surface area contributed by atoms with Crippen LogP contribution in [0.5, 0.6) is 11.5 Å². The van der Waals surface area contributed by atoms with Crippen molar-refractivity contribution in [3.63, 3.8) is 0 Å². The van der Waals surface area contributed by atoms with Crippen LogP contribution in [0.25, 0.3) is 10.8 Å². The van der Waals surface area contributed by atoms with Crippen molar-refractivity contribution in [1.29, 1.82) is 0 Å². The molecule has 4 rings (SSSR count). The quantitative estimate of drug-likeness (QED) is 0.536. The van der Waals surface area contributed by atoms with Crippen LogP contribution in [0, 0.1) is 5.82 Å².